The molecule has 196 valence electrons. The third-order valence-electron chi connectivity index (χ3n) is 5.33. The molecule has 0 spiro atoms. The van der Waals surface area contributed by atoms with Gasteiger partial charge in [-0.2, -0.15) is 17.6 Å². The number of hydrogen-bond donors (Lipinski definition) is 1. The van der Waals surface area contributed by atoms with Crippen LogP contribution in [-0.4, -0.2) is 33.4 Å². The maximum Gasteiger partial charge on any atom is 0.461 e. The van der Waals surface area contributed by atoms with Gasteiger partial charge in [0.15, 0.2) is 0 Å². The highest BCUT2D eigenvalue weighted by Gasteiger charge is 2.44. The number of rotatable bonds is 9. The molecule has 1 N–H and O–H groups in total. The largest absolute Gasteiger partial charge is 0.461 e. The summed E-state index contributed by atoms with van der Waals surface area (Å²) in [4.78, 5) is 25.8. The first-order valence-corrected chi connectivity index (χ1v) is 11.5. The van der Waals surface area contributed by atoms with Crippen LogP contribution in [0.2, 0.25) is 0 Å². The number of hydrogen-bond acceptors (Lipinski definition) is 6. The first-order chi connectivity index (χ1) is 18.2. The van der Waals surface area contributed by atoms with E-state index in [2.05, 4.69) is 25.0 Å². The molecule has 0 atom stereocenters. The van der Waals surface area contributed by atoms with Crippen molar-refractivity contribution in [3.63, 3.8) is 0 Å². The second kappa shape index (κ2) is 11.2. The van der Waals surface area contributed by atoms with Gasteiger partial charge in [-0.1, -0.05) is 19.1 Å². The Morgan fingerprint density at radius 2 is 1.84 bits per heavy atom. The molecule has 0 saturated heterocycles. The molecule has 7 nitrogen and oxygen atoms in total. The summed E-state index contributed by atoms with van der Waals surface area (Å²) in [6.45, 7) is 3.76. The van der Waals surface area contributed by atoms with E-state index in [-0.39, 0.29) is 5.56 Å². The molecule has 1 amide bonds. The lowest BCUT2D eigenvalue weighted by Gasteiger charge is -2.17. The lowest BCUT2D eigenvalue weighted by Crippen LogP contribution is -2.33. The smallest absolute Gasteiger partial charge is 0.438 e. The number of carbonyl (C=O) groups is 1. The number of alkyl halides is 4. The number of halogens is 4. The standard InChI is InChI=1S/C27H22F4N4O3/c1-3-23-32-13-11-21(35-23)20-8-5-12-33-25(20)37-22-15-18(10-9-16(22)2)34-24(36)17-6-4-7-19(14-17)38-27(30,31)26(28)29/h4-15,26H,3H2,1-2H3,(H,34,36). The minimum absolute atomic E-state index is 0.0712. The van der Waals surface area contributed by atoms with Crippen molar-refractivity contribution in [2.45, 2.75) is 32.8 Å². The van der Waals surface area contributed by atoms with Gasteiger partial charge in [-0.3, -0.25) is 4.79 Å². The lowest BCUT2D eigenvalue weighted by molar-refractivity contribution is -0.253. The van der Waals surface area contributed by atoms with Gasteiger partial charge in [0, 0.05) is 36.1 Å². The van der Waals surface area contributed by atoms with Crippen LogP contribution in [-0.2, 0) is 6.42 Å². The molecule has 11 heteroatoms. The molecule has 0 saturated carbocycles. The summed E-state index contributed by atoms with van der Waals surface area (Å²) in [7, 11) is 0. The van der Waals surface area contributed by atoms with E-state index in [4.69, 9.17) is 4.74 Å². The van der Waals surface area contributed by atoms with Crippen LogP contribution in [0.1, 0.15) is 28.7 Å². The van der Waals surface area contributed by atoms with Crippen LogP contribution in [0.5, 0.6) is 17.4 Å². The topological polar surface area (TPSA) is 86.2 Å². The van der Waals surface area contributed by atoms with Gasteiger partial charge in [0.05, 0.1) is 11.3 Å². The zero-order valence-electron chi connectivity index (χ0n) is 20.3. The number of aromatic nitrogens is 3. The number of nitrogens with zero attached hydrogens (tertiary/aromatic N) is 3. The van der Waals surface area contributed by atoms with Gasteiger partial charge in [-0.25, -0.2) is 15.0 Å². The molecule has 0 bridgehead atoms. The van der Waals surface area contributed by atoms with Gasteiger partial charge in [-0.05, 0) is 55.0 Å². The van der Waals surface area contributed by atoms with Gasteiger partial charge < -0.3 is 14.8 Å². The van der Waals surface area contributed by atoms with Gasteiger partial charge in [-0.15, -0.1) is 0 Å². The molecule has 0 aliphatic heterocycles. The first-order valence-electron chi connectivity index (χ1n) is 11.5. The van der Waals surface area contributed by atoms with E-state index < -0.39 is 24.2 Å². The number of amides is 1. The fraction of sp³-hybridized carbons (Fsp3) is 0.185. The Bertz CT molecular complexity index is 1450. The molecule has 0 aliphatic rings. The molecule has 38 heavy (non-hydrogen) atoms. The second-order valence-electron chi connectivity index (χ2n) is 8.10. The Morgan fingerprint density at radius 3 is 2.61 bits per heavy atom. The zero-order valence-corrected chi connectivity index (χ0v) is 20.3. The van der Waals surface area contributed by atoms with Crippen molar-refractivity contribution in [2.75, 3.05) is 5.32 Å². The fourth-order valence-corrected chi connectivity index (χ4v) is 3.38. The summed E-state index contributed by atoms with van der Waals surface area (Å²) < 4.78 is 61.6. The van der Waals surface area contributed by atoms with Gasteiger partial charge >= 0.3 is 12.5 Å². The minimum atomic E-state index is -4.69. The minimum Gasteiger partial charge on any atom is -0.438 e. The van der Waals surface area contributed by atoms with E-state index in [1.54, 1.807) is 42.7 Å². The predicted molar refractivity (Wildman–Crippen MR) is 132 cm³/mol. The molecule has 0 radical (unpaired) electrons. The molecule has 0 unspecified atom stereocenters. The Balaban J connectivity index is 1.55. The number of anilines is 1. The number of pyridine rings is 1. The molecule has 4 aromatic rings. The van der Waals surface area contributed by atoms with Crippen molar-refractivity contribution < 1.29 is 31.8 Å². The number of benzene rings is 2. The summed E-state index contributed by atoms with van der Waals surface area (Å²) in [5, 5.41) is 2.63. The maximum atomic E-state index is 13.2. The number of nitrogens with one attached hydrogen (secondary N) is 1. The lowest BCUT2D eigenvalue weighted by atomic mass is 10.1. The van der Waals surface area contributed by atoms with Crippen LogP contribution in [0, 0.1) is 6.92 Å². The molecule has 2 heterocycles. The van der Waals surface area contributed by atoms with Crippen molar-refractivity contribution in [3.8, 4) is 28.6 Å². The van der Waals surface area contributed by atoms with Crippen LogP contribution in [0.25, 0.3) is 11.3 Å². The van der Waals surface area contributed by atoms with Crippen LogP contribution in [0.4, 0.5) is 23.2 Å². The van der Waals surface area contributed by atoms with Crippen LogP contribution in [0.15, 0.2) is 73.1 Å². The molecule has 2 aromatic heterocycles. The highest BCUT2D eigenvalue weighted by atomic mass is 19.3. The molecule has 2 aromatic carbocycles. The second-order valence-corrected chi connectivity index (χ2v) is 8.10. The van der Waals surface area contributed by atoms with E-state index in [9.17, 15) is 22.4 Å². The van der Waals surface area contributed by atoms with Crippen molar-refractivity contribution in [3.05, 3.63) is 90.0 Å². The Kier molecular flexibility index (Phi) is 7.85. The van der Waals surface area contributed by atoms with E-state index in [1.165, 1.54) is 12.1 Å². The highest BCUT2D eigenvalue weighted by molar-refractivity contribution is 6.04. The van der Waals surface area contributed by atoms with Gasteiger partial charge in [0.2, 0.25) is 5.88 Å². The van der Waals surface area contributed by atoms with Crippen molar-refractivity contribution in [2.24, 2.45) is 0 Å². The van der Waals surface area contributed by atoms with E-state index in [0.717, 1.165) is 17.7 Å². The normalized spacial score (nSPS) is 11.3. The fourth-order valence-electron chi connectivity index (χ4n) is 3.38. The SMILES string of the molecule is CCc1nccc(-c2cccnc2Oc2cc(NC(=O)c3cccc(OC(F)(F)C(F)F)c3)ccc2C)n1. The Labute approximate surface area is 215 Å². The molecule has 0 fully saturated rings. The average molecular weight is 526 g/mol. The molecular weight excluding hydrogens is 504 g/mol. The molecule has 0 aliphatic carbocycles. The quantitative estimate of drug-likeness (QED) is 0.245. The predicted octanol–water partition coefficient (Wildman–Crippen LogP) is 6.69. The van der Waals surface area contributed by atoms with Crippen molar-refractivity contribution in [1.29, 1.82) is 0 Å². The zero-order chi connectivity index (χ0) is 27.3. The van der Waals surface area contributed by atoms with Gasteiger partial charge in [0.1, 0.15) is 17.3 Å². The first kappa shape index (κ1) is 26.5. The molecule has 4 rings (SSSR count). The summed E-state index contributed by atoms with van der Waals surface area (Å²) in [5.41, 5.74) is 2.31. The monoisotopic (exact) mass is 526 g/mol. The van der Waals surface area contributed by atoms with E-state index in [0.29, 0.717) is 40.8 Å². The van der Waals surface area contributed by atoms with Crippen LogP contribution >= 0.6 is 0 Å². The number of aryl methyl sites for hydroxylation is 2. The molecular formula is C27H22F4N4O3. The van der Waals surface area contributed by atoms with Crippen molar-refractivity contribution >= 4 is 11.6 Å². The van der Waals surface area contributed by atoms with Crippen molar-refractivity contribution in [1.82, 2.24) is 15.0 Å². The number of ether oxygens (including phenoxy) is 2. The van der Waals surface area contributed by atoms with Gasteiger partial charge in [0.25, 0.3) is 5.91 Å². The number of carbonyl (C=O) groups excluding carboxylic acids is 1. The van der Waals surface area contributed by atoms with Crippen LogP contribution < -0.4 is 14.8 Å². The van der Waals surface area contributed by atoms with E-state index in [1.807, 2.05) is 19.9 Å². The Morgan fingerprint density at radius 1 is 1.03 bits per heavy atom. The summed E-state index contributed by atoms with van der Waals surface area (Å²) >= 11 is 0. The summed E-state index contributed by atoms with van der Waals surface area (Å²) in [6, 6.07) is 14.8. The summed E-state index contributed by atoms with van der Waals surface area (Å²) in [6.07, 6.45) is -4.81. The van der Waals surface area contributed by atoms with E-state index >= 15 is 0 Å². The Hall–Kier alpha value is -4.54. The third kappa shape index (κ3) is 6.23. The third-order valence-corrected chi connectivity index (χ3v) is 5.33. The average Bonchev–Trinajstić information content (AvgIpc) is 2.90. The maximum absolute atomic E-state index is 13.2. The van der Waals surface area contributed by atoms with Crippen LogP contribution in [0.3, 0.4) is 0 Å². The highest BCUT2D eigenvalue weighted by Crippen LogP contribution is 2.33. The summed E-state index contributed by atoms with van der Waals surface area (Å²) in [5.74, 6) is 0.128.